The number of nitrogens with zero attached hydrogens (tertiary/aromatic N) is 2. The Balaban J connectivity index is 2.53. The van der Waals surface area contributed by atoms with Gasteiger partial charge in [-0.2, -0.15) is 5.26 Å². The van der Waals surface area contributed by atoms with Gasteiger partial charge in [-0.25, -0.2) is 0 Å². The zero-order valence-corrected chi connectivity index (χ0v) is 15.3. The normalized spacial score (nSPS) is 21.5. The number of hydrogen-bond acceptors (Lipinski definition) is 2. The Kier molecular flexibility index (Phi) is 6.15. The maximum Gasteiger partial charge on any atom is 0.0988 e. The molecule has 2 rings (SSSR count). The molecule has 1 aromatic rings. The molecule has 0 radical (unpaired) electrons. The van der Waals surface area contributed by atoms with Crippen LogP contribution in [0.15, 0.2) is 54.3 Å². The molecule has 2 heteroatoms. The van der Waals surface area contributed by atoms with Crippen LogP contribution in [0.1, 0.15) is 52.7 Å². The summed E-state index contributed by atoms with van der Waals surface area (Å²) in [5.74, 6) is 0.886. The van der Waals surface area contributed by atoms with E-state index in [1.807, 2.05) is 24.4 Å². The summed E-state index contributed by atoms with van der Waals surface area (Å²) in [5.41, 5.74) is 2.98. The summed E-state index contributed by atoms with van der Waals surface area (Å²) in [6, 6.07) is 8.32. The van der Waals surface area contributed by atoms with Crippen molar-refractivity contribution in [2.24, 2.45) is 17.3 Å². The van der Waals surface area contributed by atoms with Gasteiger partial charge < -0.3 is 0 Å². The Morgan fingerprint density at radius 1 is 1.42 bits per heavy atom. The molecule has 0 bridgehead atoms. The van der Waals surface area contributed by atoms with E-state index in [0.717, 1.165) is 30.5 Å². The third kappa shape index (κ3) is 3.67. The molecule has 1 aliphatic carbocycles. The smallest absolute Gasteiger partial charge is 0.0988 e. The second-order valence-electron chi connectivity index (χ2n) is 6.86. The summed E-state index contributed by atoms with van der Waals surface area (Å²) in [7, 11) is 0. The molecule has 126 valence electrons. The summed E-state index contributed by atoms with van der Waals surface area (Å²) >= 11 is 0. The lowest BCUT2D eigenvalue weighted by atomic mass is 9.62. The topological polar surface area (TPSA) is 36.7 Å². The third-order valence-electron chi connectivity index (χ3n) is 5.49. The van der Waals surface area contributed by atoms with E-state index in [1.54, 1.807) is 0 Å². The van der Waals surface area contributed by atoms with Crippen LogP contribution in [0.5, 0.6) is 0 Å². The second kappa shape index (κ2) is 8.11. The van der Waals surface area contributed by atoms with E-state index < -0.39 is 0 Å². The molecule has 0 saturated carbocycles. The quantitative estimate of drug-likeness (QED) is 0.607. The van der Waals surface area contributed by atoms with Gasteiger partial charge in [-0.3, -0.25) is 4.98 Å². The first-order valence-corrected chi connectivity index (χ1v) is 8.97. The molecule has 1 aromatic heterocycles. The van der Waals surface area contributed by atoms with Gasteiger partial charge in [0.2, 0.25) is 0 Å². The van der Waals surface area contributed by atoms with E-state index in [1.165, 1.54) is 5.57 Å². The van der Waals surface area contributed by atoms with E-state index in [0.29, 0.717) is 11.8 Å². The first-order chi connectivity index (χ1) is 11.6. The van der Waals surface area contributed by atoms with Crippen molar-refractivity contribution in [1.82, 2.24) is 4.98 Å². The lowest BCUT2D eigenvalue weighted by Crippen LogP contribution is -2.34. The number of aromatic nitrogens is 1. The molecule has 0 fully saturated rings. The fourth-order valence-electron chi connectivity index (χ4n) is 3.59. The van der Waals surface area contributed by atoms with Crippen molar-refractivity contribution < 1.29 is 0 Å². The third-order valence-corrected chi connectivity index (χ3v) is 5.49. The average molecular weight is 320 g/mol. The summed E-state index contributed by atoms with van der Waals surface area (Å²) < 4.78 is 0. The van der Waals surface area contributed by atoms with Crippen LogP contribution in [0.2, 0.25) is 0 Å². The Morgan fingerprint density at radius 2 is 2.21 bits per heavy atom. The van der Waals surface area contributed by atoms with Gasteiger partial charge in [0.05, 0.1) is 11.8 Å². The lowest BCUT2D eigenvalue weighted by molar-refractivity contribution is 0.200. The van der Waals surface area contributed by atoms with Crippen molar-refractivity contribution in [3.63, 3.8) is 0 Å². The van der Waals surface area contributed by atoms with Crippen molar-refractivity contribution in [3.05, 3.63) is 60.0 Å². The highest BCUT2D eigenvalue weighted by Gasteiger charge is 2.39. The van der Waals surface area contributed by atoms with Crippen LogP contribution >= 0.6 is 0 Å². The Bertz CT molecular complexity index is 676. The summed E-state index contributed by atoms with van der Waals surface area (Å²) in [6.45, 7) is 9.13. The number of pyridine rings is 1. The SMILES string of the molecule is CCC=CC(C)(C(C)CC)C1CC=C(C#N)C=C1c1ccccn1. The fourth-order valence-corrected chi connectivity index (χ4v) is 3.59. The van der Waals surface area contributed by atoms with Crippen LogP contribution in [-0.4, -0.2) is 4.98 Å². The number of rotatable bonds is 6. The minimum atomic E-state index is 0.0472. The fraction of sp³-hybridized carbons (Fsp3) is 0.455. The van der Waals surface area contributed by atoms with Crippen molar-refractivity contribution in [2.45, 2.75) is 47.0 Å². The molecular formula is C22H28N2. The zero-order chi connectivity index (χ0) is 17.6. The van der Waals surface area contributed by atoms with Gasteiger partial charge >= 0.3 is 0 Å². The summed E-state index contributed by atoms with van der Waals surface area (Å²) in [6.07, 6.45) is 13.7. The summed E-state index contributed by atoms with van der Waals surface area (Å²) in [4.78, 5) is 4.57. The number of nitriles is 1. The van der Waals surface area contributed by atoms with Gasteiger partial charge in [-0.15, -0.1) is 0 Å². The predicted octanol–water partition coefficient (Wildman–Crippen LogP) is 5.95. The molecule has 0 N–H and O–H groups in total. The second-order valence-corrected chi connectivity index (χ2v) is 6.86. The van der Waals surface area contributed by atoms with Crippen LogP contribution in [0.25, 0.3) is 5.57 Å². The van der Waals surface area contributed by atoms with E-state index in [4.69, 9.17) is 0 Å². The first-order valence-electron chi connectivity index (χ1n) is 8.97. The van der Waals surface area contributed by atoms with Crippen molar-refractivity contribution in [3.8, 4) is 6.07 Å². The molecule has 0 amide bonds. The molecule has 24 heavy (non-hydrogen) atoms. The van der Waals surface area contributed by atoms with E-state index in [2.05, 4.69) is 63.0 Å². The Labute approximate surface area is 146 Å². The van der Waals surface area contributed by atoms with Crippen LogP contribution in [-0.2, 0) is 0 Å². The van der Waals surface area contributed by atoms with Crippen LogP contribution < -0.4 is 0 Å². The van der Waals surface area contributed by atoms with Gasteiger partial charge in [0, 0.05) is 11.8 Å². The number of hydrogen-bond donors (Lipinski definition) is 0. The minimum absolute atomic E-state index is 0.0472. The van der Waals surface area contributed by atoms with E-state index >= 15 is 0 Å². The monoisotopic (exact) mass is 320 g/mol. The molecule has 3 atom stereocenters. The van der Waals surface area contributed by atoms with Crippen LogP contribution in [0, 0.1) is 28.6 Å². The average Bonchev–Trinajstić information content (AvgIpc) is 2.65. The largest absolute Gasteiger partial charge is 0.257 e. The molecule has 0 aliphatic heterocycles. The molecule has 0 aromatic carbocycles. The van der Waals surface area contributed by atoms with Gasteiger partial charge in [0.15, 0.2) is 0 Å². The minimum Gasteiger partial charge on any atom is -0.257 e. The van der Waals surface area contributed by atoms with Crippen molar-refractivity contribution >= 4 is 5.57 Å². The van der Waals surface area contributed by atoms with Crippen molar-refractivity contribution in [2.75, 3.05) is 0 Å². The van der Waals surface area contributed by atoms with Gasteiger partial charge in [-0.05, 0) is 53.9 Å². The van der Waals surface area contributed by atoms with Gasteiger partial charge in [0.25, 0.3) is 0 Å². The van der Waals surface area contributed by atoms with Crippen LogP contribution in [0.4, 0.5) is 0 Å². The highest BCUT2D eigenvalue weighted by Crippen LogP contribution is 2.49. The van der Waals surface area contributed by atoms with E-state index in [-0.39, 0.29) is 5.41 Å². The number of allylic oxidation sites excluding steroid dienone is 6. The molecule has 2 nitrogen and oxygen atoms in total. The summed E-state index contributed by atoms with van der Waals surface area (Å²) in [5, 5.41) is 9.34. The molecule has 1 heterocycles. The zero-order valence-electron chi connectivity index (χ0n) is 15.3. The molecule has 0 saturated heterocycles. The molecule has 1 aliphatic rings. The highest BCUT2D eigenvalue weighted by atomic mass is 14.7. The van der Waals surface area contributed by atoms with Crippen LogP contribution in [0.3, 0.4) is 0 Å². The Morgan fingerprint density at radius 3 is 2.79 bits per heavy atom. The first kappa shape index (κ1) is 18.2. The maximum absolute atomic E-state index is 9.34. The maximum atomic E-state index is 9.34. The van der Waals surface area contributed by atoms with Gasteiger partial charge in [-0.1, -0.05) is 58.4 Å². The molecule has 0 spiro atoms. The van der Waals surface area contributed by atoms with E-state index in [9.17, 15) is 5.26 Å². The molecular weight excluding hydrogens is 292 g/mol. The Hall–Kier alpha value is -2.14. The molecule has 3 unspecified atom stereocenters. The predicted molar refractivity (Wildman–Crippen MR) is 101 cm³/mol. The van der Waals surface area contributed by atoms with Crippen molar-refractivity contribution in [1.29, 1.82) is 5.26 Å². The van der Waals surface area contributed by atoms with Gasteiger partial charge in [0.1, 0.15) is 0 Å². The standard InChI is InChI=1S/C22H28N2/c1-5-7-13-22(4,17(3)6-2)20-12-11-18(16-23)15-19(20)21-10-8-9-14-24-21/h7-11,13-15,17,20H,5-6,12H2,1-4H3. The highest BCUT2D eigenvalue weighted by molar-refractivity contribution is 5.71. The lowest BCUT2D eigenvalue weighted by Gasteiger charge is -2.42.